The number of fused-ring (bicyclic) bond motifs is 3. The summed E-state index contributed by atoms with van der Waals surface area (Å²) in [6.45, 7) is 4.15. The lowest BCUT2D eigenvalue weighted by Gasteiger charge is -2.16. The standard InChI is InChI=1S/C18H21N5/c1-11-17-14(13-5-3-4-6-15(13)20-11)9-16(22-18(17)19)21-12-7-8-23(2)10-12/h3-6,9,12H,7-8,10H2,1-2H3,(H3,19,21,22). The van der Waals surface area contributed by atoms with E-state index in [0.29, 0.717) is 11.9 Å². The number of aryl methyl sites for hydroxylation is 1. The normalized spacial score (nSPS) is 18.8. The van der Waals surface area contributed by atoms with Gasteiger partial charge in [-0.1, -0.05) is 18.2 Å². The molecule has 1 fully saturated rings. The van der Waals surface area contributed by atoms with E-state index in [1.165, 1.54) is 0 Å². The average molecular weight is 307 g/mol. The summed E-state index contributed by atoms with van der Waals surface area (Å²) in [6, 6.07) is 10.7. The van der Waals surface area contributed by atoms with Gasteiger partial charge in [0.05, 0.1) is 5.52 Å². The van der Waals surface area contributed by atoms with Crippen LogP contribution in [0.3, 0.4) is 0 Å². The summed E-state index contributed by atoms with van der Waals surface area (Å²) < 4.78 is 0. The molecule has 0 amide bonds. The molecule has 118 valence electrons. The maximum atomic E-state index is 6.25. The zero-order valence-corrected chi connectivity index (χ0v) is 13.5. The molecule has 23 heavy (non-hydrogen) atoms. The van der Waals surface area contributed by atoms with E-state index in [1.807, 2.05) is 25.1 Å². The van der Waals surface area contributed by atoms with Crippen LogP contribution in [0.25, 0.3) is 21.7 Å². The van der Waals surface area contributed by atoms with E-state index in [-0.39, 0.29) is 0 Å². The minimum Gasteiger partial charge on any atom is -0.383 e. The molecule has 1 atom stereocenters. The van der Waals surface area contributed by atoms with Crippen LogP contribution >= 0.6 is 0 Å². The fourth-order valence-electron chi connectivity index (χ4n) is 3.53. The summed E-state index contributed by atoms with van der Waals surface area (Å²) in [4.78, 5) is 11.6. The van der Waals surface area contributed by atoms with Crippen LogP contribution in [0.1, 0.15) is 12.1 Å². The summed E-state index contributed by atoms with van der Waals surface area (Å²) >= 11 is 0. The van der Waals surface area contributed by atoms with Crippen molar-refractivity contribution in [3.63, 3.8) is 0 Å². The summed E-state index contributed by atoms with van der Waals surface area (Å²) in [7, 11) is 2.15. The fraction of sp³-hybridized carbons (Fsp3) is 0.333. The lowest BCUT2D eigenvalue weighted by atomic mass is 10.1. The number of nitrogen functional groups attached to an aromatic ring is 1. The first-order valence-corrected chi connectivity index (χ1v) is 8.02. The van der Waals surface area contributed by atoms with Crippen LogP contribution in [0.15, 0.2) is 30.3 Å². The van der Waals surface area contributed by atoms with Crippen LogP contribution < -0.4 is 11.1 Å². The molecule has 0 radical (unpaired) electrons. The molecule has 1 aliphatic heterocycles. The third-order valence-electron chi connectivity index (χ3n) is 4.63. The van der Waals surface area contributed by atoms with E-state index in [1.54, 1.807) is 0 Å². The molecule has 2 aromatic heterocycles. The van der Waals surface area contributed by atoms with Crippen molar-refractivity contribution >= 4 is 33.3 Å². The summed E-state index contributed by atoms with van der Waals surface area (Å²) in [5.74, 6) is 1.40. The van der Waals surface area contributed by atoms with Gasteiger partial charge in [0.25, 0.3) is 0 Å². The molecule has 3 heterocycles. The molecular formula is C18H21N5. The van der Waals surface area contributed by atoms with Gasteiger partial charge in [-0.05, 0) is 39.1 Å². The first-order valence-electron chi connectivity index (χ1n) is 8.02. The molecule has 1 saturated heterocycles. The quantitative estimate of drug-likeness (QED) is 0.713. The molecule has 3 N–H and O–H groups in total. The number of nitrogens with two attached hydrogens (primary N) is 1. The van der Waals surface area contributed by atoms with Gasteiger partial charge in [-0.25, -0.2) is 4.98 Å². The summed E-state index contributed by atoms with van der Waals surface area (Å²) in [6.07, 6.45) is 1.13. The van der Waals surface area contributed by atoms with Crippen LogP contribution in [0, 0.1) is 6.92 Å². The van der Waals surface area contributed by atoms with Crippen molar-refractivity contribution in [3.05, 3.63) is 36.0 Å². The van der Waals surface area contributed by atoms with Gasteiger partial charge in [0.1, 0.15) is 11.6 Å². The highest BCUT2D eigenvalue weighted by Gasteiger charge is 2.20. The Morgan fingerprint density at radius 3 is 2.83 bits per heavy atom. The minimum atomic E-state index is 0.429. The number of hydrogen-bond acceptors (Lipinski definition) is 5. The van der Waals surface area contributed by atoms with Gasteiger partial charge in [0, 0.05) is 34.4 Å². The minimum absolute atomic E-state index is 0.429. The first-order chi connectivity index (χ1) is 11.1. The molecule has 5 heteroatoms. The van der Waals surface area contributed by atoms with E-state index in [4.69, 9.17) is 5.73 Å². The second kappa shape index (κ2) is 5.35. The van der Waals surface area contributed by atoms with Gasteiger partial charge in [0.15, 0.2) is 0 Å². The highest BCUT2D eigenvalue weighted by Crippen LogP contribution is 2.31. The number of hydrogen-bond donors (Lipinski definition) is 2. The second-order valence-corrected chi connectivity index (χ2v) is 6.42. The monoisotopic (exact) mass is 307 g/mol. The number of aromatic nitrogens is 2. The molecule has 0 bridgehead atoms. The highest BCUT2D eigenvalue weighted by atomic mass is 15.2. The Labute approximate surface area is 135 Å². The number of rotatable bonds is 2. The fourth-order valence-corrected chi connectivity index (χ4v) is 3.53. The van der Waals surface area contributed by atoms with Crippen molar-refractivity contribution in [2.75, 3.05) is 31.2 Å². The molecule has 1 aliphatic rings. The van der Waals surface area contributed by atoms with E-state index < -0.39 is 0 Å². The van der Waals surface area contributed by atoms with E-state index in [9.17, 15) is 0 Å². The Morgan fingerprint density at radius 1 is 1.22 bits per heavy atom. The number of pyridine rings is 2. The predicted molar refractivity (Wildman–Crippen MR) is 95.7 cm³/mol. The third-order valence-corrected chi connectivity index (χ3v) is 4.63. The van der Waals surface area contributed by atoms with Crippen LogP contribution in [-0.4, -0.2) is 41.0 Å². The van der Waals surface area contributed by atoms with Crippen molar-refractivity contribution in [2.45, 2.75) is 19.4 Å². The predicted octanol–water partition coefficient (Wildman–Crippen LogP) is 2.79. The number of likely N-dealkylation sites (N-methyl/N-ethyl adjacent to an activating group) is 1. The maximum Gasteiger partial charge on any atom is 0.135 e. The second-order valence-electron chi connectivity index (χ2n) is 6.42. The van der Waals surface area contributed by atoms with Gasteiger partial charge in [-0.2, -0.15) is 0 Å². The van der Waals surface area contributed by atoms with Crippen molar-refractivity contribution in [1.82, 2.24) is 14.9 Å². The molecular weight excluding hydrogens is 286 g/mol. The smallest absolute Gasteiger partial charge is 0.135 e. The molecule has 0 aliphatic carbocycles. The zero-order chi connectivity index (χ0) is 16.0. The number of para-hydroxylation sites is 1. The van der Waals surface area contributed by atoms with E-state index in [2.05, 4.69) is 39.4 Å². The van der Waals surface area contributed by atoms with Crippen molar-refractivity contribution < 1.29 is 0 Å². The van der Waals surface area contributed by atoms with Gasteiger partial charge >= 0.3 is 0 Å². The van der Waals surface area contributed by atoms with E-state index in [0.717, 1.165) is 52.7 Å². The zero-order valence-electron chi connectivity index (χ0n) is 13.5. The molecule has 5 nitrogen and oxygen atoms in total. The molecule has 0 spiro atoms. The molecule has 1 aromatic carbocycles. The lowest BCUT2D eigenvalue weighted by molar-refractivity contribution is 0.414. The topological polar surface area (TPSA) is 67.1 Å². The molecule has 3 aromatic rings. The average Bonchev–Trinajstić information content (AvgIpc) is 2.92. The maximum absolute atomic E-state index is 6.25. The number of nitrogens with one attached hydrogen (secondary N) is 1. The van der Waals surface area contributed by atoms with Gasteiger partial charge < -0.3 is 16.0 Å². The number of anilines is 2. The van der Waals surface area contributed by atoms with Gasteiger partial charge in [-0.15, -0.1) is 0 Å². The Balaban J connectivity index is 1.86. The first kappa shape index (κ1) is 14.2. The van der Waals surface area contributed by atoms with Crippen LogP contribution in [-0.2, 0) is 0 Å². The van der Waals surface area contributed by atoms with Crippen molar-refractivity contribution in [1.29, 1.82) is 0 Å². The SMILES string of the molecule is Cc1nc2ccccc2c2cc(NC3CCN(C)C3)nc(N)c12. The van der Waals surface area contributed by atoms with Crippen LogP contribution in [0.4, 0.5) is 11.6 Å². The Bertz CT molecular complexity index is 889. The molecule has 1 unspecified atom stereocenters. The molecule has 0 saturated carbocycles. The largest absolute Gasteiger partial charge is 0.383 e. The van der Waals surface area contributed by atoms with Crippen molar-refractivity contribution in [3.8, 4) is 0 Å². The van der Waals surface area contributed by atoms with E-state index >= 15 is 0 Å². The summed E-state index contributed by atoms with van der Waals surface area (Å²) in [5.41, 5.74) is 8.17. The van der Waals surface area contributed by atoms with Gasteiger partial charge in [-0.3, -0.25) is 4.98 Å². The Kier molecular flexibility index (Phi) is 3.31. The van der Waals surface area contributed by atoms with Crippen LogP contribution in [0.5, 0.6) is 0 Å². The molecule has 4 rings (SSSR count). The number of likely N-dealkylation sites (tertiary alicyclic amines) is 1. The van der Waals surface area contributed by atoms with Gasteiger partial charge in [0.2, 0.25) is 0 Å². The number of benzene rings is 1. The lowest BCUT2D eigenvalue weighted by Crippen LogP contribution is -2.24. The highest BCUT2D eigenvalue weighted by molar-refractivity contribution is 6.10. The summed E-state index contributed by atoms with van der Waals surface area (Å²) in [5, 5.41) is 6.73. The van der Waals surface area contributed by atoms with Crippen molar-refractivity contribution in [2.24, 2.45) is 0 Å². The number of nitrogens with zero attached hydrogens (tertiary/aromatic N) is 3. The third kappa shape index (κ3) is 2.47. The Morgan fingerprint density at radius 2 is 2.04 bits per heavy atom. The van der Waals surface area contributed by atoms with Crippen LogP contribution in [0.2, 0.25) is 0 Å². The Hall–Kier alpha value is -2.40.